The molecule has 0 aliphatic rings. The Morgan fingerprint density at radius 3 is 2.44 bits per heavy atom. The monoisotopic (exact) mass is 273 g/mol. The van der Waals surface area contributed by atoms with Gasteiger partial charge in [0, 0.05) is 21.3 Å². The Hall–Kier alpha value is -0.280. The van der Waals surface area contributed by atoms with Gasteiger partial charge in [-0.1, -0.05) is 23.2 Å². The molecule has 1 nitrogen and oxygen atoms in total. The molecular formula is C12H13Cl2NS. The zero-order valence-electron chi connectivity index (χ0n) is 9.40. The van der Waals surface area contributed by atoms with Gasteiger partial charge in [0.05, 0.1) is 9.72 Å². The lowest BCUT2D eigenvalue weighted by Gasteiger charge is -2.08. The Morgan fingerprint density at radius 2 is 1.88 bits per heavy atom. The highest BCUT2D eigenvalue weighted by Crippen LogP contribution is 2.41. The molecule has 4 heteroatoms. The molecule has 0 saturated heterocycles. The molecule has 0 aliphatic carbocycles. The van der Waals surface area contributed by atoms with Crippen LogP contribution in [0.2, 0.25) is 10.0 Å². The first-order chi connectivity index (χ1) is 7.56. The van der Waals surface area contributed by atoms with Crippen molar-refractivity contribution in [1.29, 1.82) is 0 Å². The van der Waals surface area contributed by atoms with Crippen molar-refractivity contribution in [3.8, 4) is 0 Å². The standard InChI is InChI=1S/C12H13Cl2NS/c1-6-10-8(13)4-5-9(14)12(10)16-11(6)7(2)15-3/h4-5,7,15H,1-3H3. The molecule has 0 radical (unpaired) electrons. The van der Waals surface area contributed by atoms with E-state index in [1.54, 1.807) is 11.3 Å². The lowest BCUT2D eigenvalue weighted by Crippen LogP contribution is -2.11. The van der Waals surface area contributed by atoms with Crippen molar-refractivity contribution in [2.24, 2.45) is 0 Å². The maximum Gasteiger partial charge on any atom is 0.0585 e. The van der Waals surface area contributed by atoms with Crippen LogP contribution in [0.25, 0.3) is 10.1 Å². The van der Waals surface area contributed by atoms with E-state index in [1.807, 2.05) is 19.2 Å². The van der Waals surface area contributed by atoms with Gasteiger partial charge in [-0.25, -0.2) is 0 Å². The third-order valence-electron chi connectivity index (χ3n) is 2.84. The molecule has 0 amide bonds. The highest BCUT2D eigenvalue weighted by atomic mass is 35.5. The molecule has 1 aromatic heterocycles. The largest absolute Gasteiger partial charge is 0.313 e. The van der Waals surface area contributed by atoms with Crippen molar-refractivity contribution in [3.05, 3.63) is 32.6 Å². The average Bonchev–Trinajstić information content (AvgIpc) is 2.62. The Bertz CT molecular complexity index is 533. The maximum atomic E-state index is 6.22. The second-order valence-electron chi connectivity index (χ2n) is 3.84. The highest BCUT2D eigenvalue weighted by molar-refractivity contribution is 7.20. The van der Waals surface area contributed by atoms with Crippen molar-refractivity contribution in [3.63, 3.8) is 0 Å². The van der Waals surface area contributed by atoms with Gasteiger partial charge < -0.3 is 5.32 Å². The van der Waals surface area contributed by atoms with E-state index in [1.165, 1.54) is 10.4 Å². The molecule has 86 valence electrons. The van der Waals surface area contributed by atoms with Gasteiger partial charge in [0.15, 0.2) is 0 Å². The molecule has 0 bridgehead atoms. The summed E-state index contributed by atoms with van der Waals surface area (Å²) < 4.78 is 1.09. The Morgan fingerprint density at radius 1 is 1.25 bits per heavy atom. The van der Waals surface area contributed by atoms with Crippen LogP contribution in [-0.4, -0.2) is 7.05 Å². The fourth-order valence-electron chi connectivity index (χ4n) is 1.84. The number of hydrogen-bond donors (Lipinski definition) is 1. The summed E-state index contributed by atoms with van der Waals surface area (Å²) in [5, 5.41) is 5.90. The number of aryl methyl sites for hydroxylation is 1. The minimum atomic E-state index is 0.324. The van der Waals surface area contributed by atoms with Crippen LogP contribution in [0, 0.1) is 6.92 Å². The van der Waals surface area contributed by atoms with Crippen LogP contribution in [0.15, 0.2) is 12.1 Å². The third kappa shape index (κ3) is 1.84. The van der Waals surface area contributed by atoms with E-state index < -0.39 is 0 Å². The summed E-state index contributed by atoms with van der Waals surface area (Å²) in [4.78, 5) is 1.30. The molecule has 1 unspecified atom stereocenters. The van der Waals surface area contributed by atoms with Crippen molar-refractivity contribution < 1.29 is 0 Å². The average molecular weight is 274 g/mol. The lowest BCUT2D eigenvalue weighted by atomic mass is 10.1. The second kappa shape index (κ2) is 4.53. The molecule has 1 aromatic carbocycles. The fraction of sp³-hybridized carbons (Fsp3) is 0.333. The summed E-state index contributed by atoms with van der Waals surface area (Å²) in [6.45, 7) is 4.24. The van der Waals surface area contributed by atoms with Crippen LogP contribution in [0.4, 0.5) is 0 Å². The van der Waals surface area contributed by atoms with Crippen molar-refractivity contribution in [2.75, 3.05) is 7.05 Å². The minimum Gasteiger partial charge on any atom is -0.313 e. The van der Waals surface area contributed by atoms with Crippen LogP contribution in [-0.2, 0) is 0 Å². The van der Waals surface area contributed by atoms with E-state index in [0.717, 1.165) is 20.1 Å². The van der Waals surface area contributed by atoms with E-state index in [2.05, 4.69) is 19.2 Å². The first-order valence-corrected chi connectivity index (χ1v) is 6.67. The molecular weight excluding hydrogens is 261 g/mol. The number of rotatable bonds is 2. The van der Waals surface area contributed by atoms with Gasteiger partial charge in [-0.05, 0) is 38.6 Å². The molecule has 0 spiro atoms. The number of fused-ring (bicyclic) bond motifs is 1. The first kappa shape index (κ1) is 12.2. The Balaban J connectivity index is 2.77. The normalized spacial score (nSPS) is 13.3. The maximum absolute atomic E-state index is 6.22. The zero-order valence-corrected chi connectivity index (χ0v) is 11.7. The van der Waals surface area contributed by atoms with E-state index in [4.69, 9.17) is 23.2 Å². The SMILES string of the molecule is CNC(C)c1sc2c(Cl)ccc(Cl)c2c1C. The second-order valence-corrected chi connectivity index (χ2v) is 5.70. The van der Waals surface area contributed by atoms with Gasteiger partial charge in [0.25, 0.3) is 0 Å². The summed E-state index contributed by atoms with van der Waals surface area (Å²) in [5.41, 5.74) is 1.23. The Kier molecular flexibility index (Phi) is 3.45. The summed E-state index contributed by atoms with van der Waals surface area (Å²) in [7, 11) is 1.96. The van der Waals surface area contributed by atoms with Gasteiger partial charge in [0.2, 0.25) is 0 Å². The first-order valence-electron chi connectivity index (χ1n) is 5.10. The van der Waals surface area contributed by atoms with E-state index in [0.29, 0.717) is 6.04 Å². The topological polar surface area (TPSA) is 12.0 Å². The zero-order chi connectivity index (χ0) is 11.9. The predicted molar refractivity (Wildman–Crippen MR) is 74.1 cm³/mol. The molecule has 0 fully saturated rings. The van der Waals surface area contributed by atoms with Gasteiger partial charge >= 0.3 is 0 Å². The number of nitrogens with one attached hydrogen (secondary N) is 1. The predicted octanol–water partition coefficient (Wildman–Crippen LogP) is 4.80. The van der Waals surface area contributed by atoms with Gasteiger partial charge in [0.1, 0.15) is 0 Å². The molecule has 1 N–H and O–H groups in total. The van der Waals surface area contributed by atoms with E-state index >= 15 is 0 Å². The van der Waals surface area contributed by atoms with Gasteiger partial charge in [-0.2, -0.15) is 0 Å². The summed E-state index contributed by atoms with van der Waals surface area (Å²) in [5.74, 6) is 0. The van der Waals surface area contributed by atoms with Gasteiger partial charge in [-0.15, -0.1) is 11.3 Å². The number of hydrogen-bond acceptors (Lipinski definition) is 2. The summed E-state index contributed by atoms with van der Waals surface area (Å²) in [6.07, 6.45) is 0. The molecule has 0 aliphatic heterocycles. The molecule has 0 saturated carbocycles. The van der Waals surface area contributed by atoms with Crippen LogP contribution in [0.3, 0.4) is 0 Å². The van der Waals surface area contributed by atoms with Gasteiger partial charge in [-0.3, -0.25) is 0 Å². The molecule has 2 rings (SSSR count). The molecule has 16 heavy (non-hydrogen) atoms. The number of thiophene rings is 1. The van der Waals surface area contributed by atoms with Crippen LogP contribution >= 0.6 is 34.5 Å². The number of benzene rings is 1. The highest BCUT2D eigenvalue weighted by Gasteiger charge is 2.16. The molecule has 1 heterocycles. The summed E-state index contributed by atoms with van der Waals surface area (Å²) >= 11 is 14.1. The lowest BCUT2D eigenvalue weighted by molar-refractivity contribution is 0.661. The quantitative estimate of drug-likeness (QED) is 0.829. The molecule has 2 aromatic rings. The summed E-state index contributed by atoms with van der Waals surface area (Å²) in [6, 6.07) is 4.04. The van der Waals surface area contributed by atoms with E-state index in [-0.39, 0.29) is 0 Å². The third-order valence-corrected chi connectivity index (χ3v) is 5.09. The van der Waals surface area contributed by atoms with E-state index in [9.17, 15) is 0 Å². The van der Waals surface area contributed by atoms with Crippen LogP contribution < -0.4 is 5.32 Å². The molecule has 1 atom stereocenters. The Labute approximate surface area is 109 Å². The number of halogens is 2. The van der Waals surface area contributed by atoms with Crippen molar-refractivity contribution >= 4 is 44.6 Å². The van der Waals surface area contributed by atoms with Crippen LogP contribution in [0.1, 0.15) is 23.4 Å². The van der Waals surface area contributed by atoms with Crippen molar-refractivity contribution in [2.45, 2.75) is 19.9 Å². The van der Waals surface area contributed by atoms with Crippen molar-refractivity contribution in [1.82, 2.24) is 5.32 Å². The van der Waals surface area contributed by atoms with Crippen LogP contribution in [0.5, 0.6) is 0 Å². The minimum absolute atomic E-state index is 0.324. The fourth-order valence-corrected chi connectivity index (χ4v) is 3.77. The smallest absolute Gasteiger partial charge is 0.0585 e.